The van der Waals surface area contributed by atoms with Gasteiger partial charge in [-0.3, -0.25) is 4.98 Å². The van der Waals surface area contributed by atoms with Crippen molar-refractivity contribution in [1.29, 1.82) is 0 Å². The molecular formula is C11H10NS. The average Bonchev–Trinajstić information content (AvgIpc) is 2.18. The van der Waals surface area contributed by atoms with E-state index in [4.69, 9.17) is 12.6 Å². The summed E-state index contributed by atoms with van der Waals surface area (Å²) in [6.45, 7) is 0. The van der Waals surface area contributed by atoms with Crippen LogP contribution in [0.4, 0.5) is 0 Å². The zero-order valence-electron chi connectivity index (χ0n) is 7.23. The molecule has 0 bridgehead atoms. The fourth-order valence-corrected chi connectivity index (χ4v) is 1.56. The van der Waals surface area contributed by atoms with Crippen LogP contribution in [-0.2, 0) is 6.42 Å². The Hall–Kier alpha value is -1.02. The average molecular weight is 188 g/mol. The molecule has 0 aliphatic carbocycles. The topological polar surface area (TPSA) is 12.9 Å². The van der Waals surface area contributed by atoms with Crippen LogP contribution in [-0.4, -0.2) is 10.7 Å². The van der Waals surface area contributed by atoms with Crippen molar-refractivity contribution in [1.82, 2.24) is 4.98 Å². The number of rotatable bonds is 2. The molecule has 1 aromatic heterocycles. The molecular weight excluding hydrogens is 178 g/mol. The van der Waals surface area contributed by atoms with Crippen molar-refractivity contribution in [2.45, 2.75) is 6.42 Å². The minimum absolute atomic E-state index is 0.741. The van der Waals surface area contributed by atoms with Gasteiger partial charge in [-0.2, -0.15) is 0 Å². The van der Waals surface area contributed by atoms with Crippen molar-refractivity contribution in [2.24, 2.45) is 0 Å². The summed E-state index contributed by atoms with van der Waals surface area (Å²) in [6.07, 6.45) is 0.889. The molecule has 2 rings (SSSR count). The highest BCUT2D eigenvalue weighted by atomic mass is 32.1. The summed E-state index contributed by atoms with van der Waals surface area (Å²) in [4.78, 5) is 4.50. The van der Waals surface area contributed by atoms with Crippen LogP contribution in [0.3, 0.4) is 0 Å². The van der Waals surface area contributed by atoms with Gasteiger partial charge in [-0.05, 0) is 18.6 Å². The van der Waals surface area contributed by atoms with E-state index in [-0.39, 0.29) is 0 Å². The maximum Gasteiger partial charge on any atom is 0.0705 e. The number of aromatic nitrogens is 1. The molecule has 0 fully saturated rings. The minimum Gasteiger partial charge on any atom is -0.253 e. The van der Waals surface area contributed by atoms with Crippen LogP contribution in [0.15, 0.2) is 36.4 Å². The van der Waals surface area contributed by atoms with Gasteiger partial charge < -0.3 is 0 Å². The lowest BCUT2D eigenvalue weighted by atomic mass is 10.2. The van der Waals surface area contributed by atoms with Crippen LogP contribution in [0.25, 0.3) is 10.9 Å². The van der Waals surface area contributed by atoms with E-state index in [1.165, 1.54) is 5.39 Å². The van der Waals surface area contributed by atoms with Gasteiger partial charge in [0.2, 0.25) is 0 Å². The van der Waals surface area contributed by atoms with E-state index in [0.29, 0.717) is 0 Å². The first-order chi connectivity index (χ1) is 6.40. The SMILES string of the molecule is [S]CCc1ccc2ccccc2n1. The molecule has 13 heavy (non-hydrogen) atoms. The van der Waals surface area contributed by atoms with Crippen LogP contribution in [0.1, 0.15) is 5.69 Å². The molecule has 0 N–H and O–H groups in total. The highest BCUT2D eigenvalue weighted by Gasteiger charge is 1.95. The third-order valence-corrected chi connectivity index (χ3v) is 2.22. The largest absolute Gasteiger partial charge is 0.253 e. The highest BCUT2D eigenvalue weighted by molar-refractivity contribution is 7.80. The van der Waals surface area contributed by atoms with Crippen molar-refractivity contribution >= 4 is 23.5 Å². The van der Waals surface area contributed by atoms with Gasteiger partial charge in [0.1, 0.15) is 0 Å². The van der Waals surface area contributed by atoms with Crippen LogP contribution in [0.5, 0.6) is 0 Å². The number of hydrogen-bond acceptors (Lipinski definition) is 1. The minimum atomic E-state index is 0.741. The predicted octanol–water partition coefficient (Wildman–Crippen LogP) is 2.97. The molecule has 0 atom stereocenters. The van der Waals surface area contributed by atoms with E-state index in [2.05, 4.69) is 23.2 Å². The molecule has 0 aliphatic heterocycles. The van der Waals surface area contributed by atoms with Crippen LogP contribution >= 0.6 is 12.6 Å². The monoisotopic (exact) mass is 188 g/mol. The number of nitrogens with zero attached hydrogens (tertiary/aromatic N) is 1. The van der Waals surface area contributed by atoms with E-state index in [9.17, 15) is 0 Å². The quantitative estimate of drug-likeness (QED) is 0.706. The second-order valence-corrected chi connectivity index (χ2v) is 3.36. The molecule has 0 amide bonds. The van der Waals surface area contributed by atoms with Crippen LogP contribution in [0.2, 0.25) is 0 Å². The molecule has 1 radical (unpaired) electrons. The molecule has 1 heterocycles. The Morgan fingerprint density at radius 3 is 2.77 bits per heavy atom. The second-order valence-electron chi connectivity index (χ2n) is 2.95. The molecule has 65 valence electrons. The molecule has 0 aliphatic rings. The summed E-state index contributed by atoms with van der Waals surface area (Å²) in [7, 11) is 0. The van der Waals surface area contributed by atoms with E-state index >= 15 is 0 Å². The number of aryl methyl sites for hydroxylation is 1. The van der Waals surface area contributed by atoms with Gasteiger partial charge in [0.05, 0.1) is 5.52 Å². The lowest BCUT2D eigenvalue weighted by Crippen LogP contribution is -1.90. The van der Waals surface area contributed by atoms with Gasteiger partial charge in [0.15, 0.2) is 0 Å². The first-order valence-electron chi connectivity index (χ1n) is 4.33. The molecule has 2 aromatic rings. The van der Waals surface area contributed by atoms with Crippen molar-refractivity contribution in [3.63, 3.8) is 0 Å². The van der Waals surface area contributed by atoms with Crippen molar-refractivity contribution in [2.75, 3.05) is 5.75 Å². The molecule has 1 aromatic carbocycles. The summed E-state index contributed by atoms with van der Waals surface area (Å²) in [5, 5.41) is 1.19. The Labute approximate surface area is 83.2 Å². The number of benzene rings is 1. The molecule has 0 unspecified atom stereocenters. The van der Waals surface area contributed by atoms with Crippen molar-refractivity contribution < 1.29 is 0 Å². The fraction of sp³-hybridized carbons (Fsp3) is 0.182. The van der Waals surface area contributed by atoms with Gasteiger partial charge >= 0.3 is 0 Å². The third kappa shape index (κ3) is 1.83. The Balaban J connectivity index is 2.49. The lowest BCUT2D eigenvalue weighted by Gasteiger charge is -1.99. The van der Waals surface area contributed by atoms with Gasteiger partial charge in [-0.15, -0.1) is 0 Å². The molecule has 0 spiro atoms. The first-order valence-corrected chi connectivity index (χ1v) is 4.90. The molecule has 0 saturated heterocycles. The molecule has 1 nitrogen and oxygen atoms in total. The summed E-state index contributed by atoms with van der Waals surface area (Å²) in [5.74, 6) is 0.741. The maximum absolute atomic E-state index is 4.92. The van der Waals surface area contributed by atoms with E-state index in [1.54, 1.807) is 0 Å². The Morgan fingerprint density at radius 2 is 1.92 bits per heavy atom. The first kappa shape index (κ1) is 8.57. The van der Waals surface area contributed by atoms with Gasteiger partial charge in [-0.25, -0.2) is 0 Å². The van der Waals surface area contributed by atoms with E-state index < -0.39 is 0 Å². The molecule has 0 saturated carbocycles. The zero-order valence-corrected chi connectivity index (χ0v) is 8.05. The van der Waals surface area contributed by atoms with Crippen LogP contribution in [0, 0.1) is 0 Å². The van der Waals surface area contributed by atoms with Crippen molar-refractivity contribution in [3.8, 4) is 0 Å². The number of hydrogen-bond donors (Lipinski definition) is 0. The summed E-state index contributed by atoms with van der Waals surface area (Å²) < 4.78 is 0. The maximum atomic E-state index is 4.92. The lowest BCUT2D eigenvalue weighted by molar-refractivity contribution is 1.07. The standard InChI is InChI=1S/C11H10NS/c13-8-7-10-6-5-9-3-1-2-4-11(9)12-10/h1-6H,7-8H2. The Morgan fingerprint density at radius 1 is 1.08 bits per heavy atom. The summed E-state index contributed by atoms with van der Waals surface area (Å²) in [5.41, 5.74) is 2.15. The number of fused-ring (bicyclic) bond motifs is 1. The fourth-order valence-electron chi connectivity index (χ4n) is 1.35. The highest BCUT2D eigenvalue weighted by Crippen LogP contribution is 2.11. The normalized spacial score (nSPS) is 10.5. The van der Waals surface area contributed by atoms with Gasteiger partial charge in [-0.1, -0.05) is 36.9 Å². The number of para-hydroxylation sites is 1. The van der Waals surface area contributed by atoms with Gasteiger partial charge in [0.25, 0.3) is 0 Å². The van der Waals surface area contributed by atoms with Crippen molar-refractivity contribution in [3.05, 3.63) is 42.1 Å². The zero-order chi connectivity index (χ0) is 9.10. The Bertz CT molecular complexity index is 412. The molecule has 2 heteroatoms. The predicted molar refractivity (Wildman–Crippen MR) is 57.9 cm³/mol. The summed E-state index contributed by atoms with van der Waals surface area (Å²) in [6, 6.07) is 12.3. The number of pyridine rings is 1. The third-order valence-electron chi connectivity index (χ3n) is 2.01. The van der Waals surface area contributed by atoms with Gasteiger partial charge in [0, 0.05) is 16.8 Å². The van der Waals surface area contributed by atoms with E-state index in [0.717, 1.165) is 23.4 Å². The smallest absolute Gasteiger partial charge is 0.0705 e. The second kappa shape index (κ2) is 3.79. The Kier molecular flexibility index (Phi) is 2.50. The van der Waals surface area contributed by atoms with Crippen LogP contribution < -0.4 is 0 Å². The van der Waals surface area contributed by atoms with E-state index in [1.807, 2.05) is 18.2 Å². The summed E-state index contributed by atoms with van der Waals surface area (Å²) >= 11 is 4.92.